The van der Waals surface area contributed by atoms with Crippen LogP contribution in [0.4, 0.5) is 0 Å². The first-order chi connectivity index (χ1) is 16.4. The molecule has 182 valence electrons. The number of hydrogen-bond acceptors (Lipinski definition) is 5. The second kappa shape index (κ2) is 9.78. The highest BCUT2D eigenvalue weighted by Crippen LogP contribution is 2.55. The first kappa shape index (κ1) is 23.5. The van der Waals surface area contributed by atoms with E-state index in [1.807, 2.05) is 55.4 Å². The van der Waals surface area contributed by atoms with Gasteiger partial charge in [-0.2, -0.15) is 0 Å². The van der Waals surface area contributed by atoms with Gasteiger partial charge in [-0.3, -0.25) is 14.5 Å². The van der Waals surface area contributed by atoms with Gasteiger partial charge < -0.3 is 15.1 Å². The Hall–Kier alpha value is -2.25. The van der Waals surface area contributed by atoms with Crippen LogP contribution in [0.5, 0.6) is 0 Å². The van der Waals surface area contributed by atoms with E-state index in [4.69, 9.17) is 4.42 Å². The van der Waals surface area contributed by atoms with Gasteiger partial charge in [0.25, 0.3) is 5.91 Å². The SMILES string of the molecule is CN(C)C(CNC(=O)c1ccccc1SCC(=O)NC12CC3CC(CC(C3)C1)C2)c1ccco1. The largest absolute Gasteiger partial charge is 0.468 e. The highest BCUT2D eigenvalue weighted by Gasteiger charge is 2.51. The number of rotatable bonds is 9. The molecular weight excluding hydrogens is 446 g/mol. The van der Waals surface area contributed by atoms with E-state index in [9.17, 15) is 9.59 Å². The van der Waals surface area contributed by atoms with Crippen molar-refractivity contribution in [3.05, 3.63) is 54.0 Å². The summed E-state index contributed by atoms with van der Waals surface area (Å²) in [6, 6.07) is 11.3. The Labute approximate surface area is 206 Å². The number of hydrogen-bond donors (Lipinski definition) is 2. The van der Waals surface area contributed by atoms with Crippen LogP contribution in [0.1, 0.15) is 60.7 Å². The van der Waals surface area contributed by atoms with E-state index in [0.717, 1.165) is 47.7 Å². The molecule has 0 aliphatic heterocycles. The molecule has 2 aromatic rings. The smallest absolute Gasteiger partial charge is 0.252 e. The molecule has 4 aliphatic rings. The molecule has 2 N–H and O–H groups in total. The van der Waals surface area contributed by atoms with E-state index in [-0.39, 0.29) is 23.4 Å². The summed E-state index contributed by atoms with van der Waals surface area (Å²) in [5.41, 5.74) is 0.628. The number of nitrogens with zero attached hydrogens (tertiary/aromatic N) is 1. The third-order valence-electron chi connectivity index (χ3n) is 7.88. The summed E-state index contributed by atoms with van der Waals surface area (Å²) in [4.78, 5) is 28.8. The fourth-order valence-corrected chi connectivity index (χ4v) is 7.67. The van der Waals surface area contributed by atoms with Crippen molar-refractivity contribution in [2.75, 3.05) is 26.4 Å². The minimum absolute atomic E-state index is 0.0241. The topological polar surface area (TPSA) is 74.6 Å². The van der Waals surface area contributed by atoms with E-state index in [1.165, 1.54) is 31.0 Å². The van der Waals surface area contributed by atoms with Gasteiger partial charge in [0.2, 0.25) is 5.91 Å². The lowest BCUT2D eigenvalue weighted by molar-refractivity contribution is -0.124. The Balaban J connectivity index is 1.18. The molecule has 1 heterocycles. The maximum Gasteiger partial charge on any atom is 0.252 e. The average Bonchev–Trinajstić information content (AvgIpc) is 3.31. The molecule has 4 bridgehead atoms. The van der Waals surface area contributed by atoms with Crippen LogP contribution < -0.4 is 10.6 Å². The molecule has 4 saturated carbocycles. The summed E-state index contributed by atoms with van der Waals surface area (Å²) in [5, 5.41) is 6.48. The lowest BCUT2D eigenvalue weighted by atomic mass is 9.53. The van der Waals surface area contributed by atoms with Crippen molar-refractivity contribution in [2.45, 2.75) is 55.0 Å². The Morgan fingerprint density at radius 3 is 2.35 bits per heavy atom. The molecule has 1 unspecified atom stereocenters. The molecule has 34 heavy (non-hydrogen) atoms. The summed E-state index contributed by atoms with van der Waals surface area (Å²) < 4.78 is 5.54. The van der Waals surface area contributed by atoms with Crippen LogP contribution in [0.15, 0.2) is 52.0 Å². The van der Waals surface area contributed by atoms with Gasteiger partial charge in [0.15, 0.2) is 0 Å². The highest BCUT2D eigenvalue weighted by atomic mass is 32.2. The number of thioether (sulfide) groups is 1. The summed E-state index contributed by atoms with van der Waals surface area (Å²) in [6.45, 7) is 0.435. The lowest BCUT2D eigenvalue weighted by Crippen LogP contribution is -2.60. The molecule has 6 nitrogen and oxygen atoms in total. The Morgan fingerprint density at radius 2 is 1.74 bits per heavy atom. The van der Waals surface area contributed by atoms with E-state index >= 15 is 0 Å². The summed E-state index contributed by atoms with van der Waals surface area (Å²) in [5.74, 6) is 3.51. The number of benzene rings is 1. The fraction of sp³-hybridized carbons (Fsp3) is 0.556. The Kier molecular flexibility index (Phi) is 6.76. The van der Waals surface area contributed by atoms with Gasteiger partial charge in [-0.25, -0.2) is 0 Å². The van der Waals surface area contributed by atoms with Gasteiger partial charge >= 0.3 is 0 Å². The monoisotopic (exact) mass is 481 g/mol. The van der Waals surface area contributed by atoms with E-state index in [2.05, 4.69) is 10.6 Å². The standard InChI is InChI=1S/C27H35N3O3S/c1-30(2)22(23-7-5-9-33-23)16-28-26(32)21-6-3-4-8-24(21)34-17-25(31)29-27-13-18-10-19(14-27)12-20(11-18)15-27/h3-9,18-20,22H,10-17H2,1-2H3,(H,28,32)(H,29,31). The van der Waals surface area contributed by atoms with Gasteiger partial charge in [0.05, 0.1) is 23.6 Å². The lowest BCUT2D eigenvalue weighted by Gasteiger charge is -2.56. The Bertz CT molecular complexity index is 985. The van der Waals surface area contributed by atoms with Crippen LogP contribution in [0.2, 0.25) is 0 Å². The molecule has 2 amide bonds. The average molecular weight is 482 g/mol. The van der Waals surface area contributed by atoms with Gasteiger partial charge in [-0.1, -0.05) is 12.1 Å². The number of likely N-dealkylation sites (N-methyl/N-ethyl adjacent to an activating group) is 1. The van der Waals surface area contributed by atoms with Crippen molar-refractivity contribution < 1.29 is 14.0 Å². The first-order valence-electron chi connectivity index (χ1n) is 12.4. The van der Waals surface area contributed by atoms with E-state index < -0.39 is 0 Å². The minimum Gasteiger partial charge on any atom is -0.468 e. The highest BCUT2D eigenvalue weighted by molar-refractivity contribution is 8.00. The van der Waals surface area contributed by atoms with Gasteiger partial charge in [0, 0.05) is 17.0 Å². The van der Waals surface area contributed by atoms with E-state index in [1.54, 1.807) is 6.26 Å². The molecule has 7 heteroatoms. The zero-order chi connectivity index (χ0) is 23.7. The Morgan fingerprint density at radius 1 is 1.06 bits per heavy atom. The van der Waals surface area contributed by atoms with Crippen molar-refractivity contribution in [1.29, 1.82) is 0 Å². The number of amides is 2. The fourth-order valence-electron chi connectivity index (χ4n) is 6.82. The molecule has 0 saturated heterocycles. The van der Waals surface area contributed by atoms with Crippen LogP contribution in [0.3, 0.4) is 0 Å². The van der Waals surface area contributed by atoms with Gasteiger partial charge in [-0.15, -0.1) is 11.8 Å². The summed E-state index contributed by atoms with van der Waals surface area (Å²) in [6.07, 6.45) is 9.18. The van der Waals surface area contributed by atoms with Gasteiger partial charge in [-0.05, 0) is 94.6 Å². The zero-order valence-corrected chi connectivity index (χ0v) is 20.9. The predicted octanol–water partition coefficient (Wildman–Crippen LogP) is 4.49. The molecule has 0 spiro atoms. The third kappa shape index (κ3) is 5.05. The second-order valence-electron chi connectivity index (χ2n) is 10.7. The molecule has 1 atom stereocenters. The zero-order valence-electron chi connectivity index (χ0n) is 20.1. The third-order valence-corrected chi connectivity index (χ3v) is 8.96. The number of nitrogens with one attached hydrogen (secondary N) is 2. The molecule has 4 fully saturated rings. The van der Waals surface area contributed by atoms with Crippen molar-refractivity contribution in [1.82, 2.24) is 15.5 Å². The molecule has 1 aromatic carbocycles. The predicted molar refractivity (Wildman–Crippen MR) is 134 cm³/mol. The normalized spacial score (nSPS) is 28.1. The van der Waals surface area contributed by atoms with Crippen LogP contribution in [-0.2, 0) is 4.79 Å². The number of furan rings is 1. The molecule has 4 aliphatic carbocycles. The molecule has 1 aromatic heterocycles. The number of carbonyl (C=O) groups is 2. The second-order valence-corrected chi connectivity index (χ2v) is 11.8. The minimum atomic E-state index is -0.136. The van der Waals surface area contributed by atoms with Crippen LogP contribution in [0.25, 0.3) is 0 Å². The molecular formula is C27H35N3O3S. The molecule has 6 rings (SSSR count). The van der Waals surface area contributed by atoms with Crippen molar-refractivity contribution in [3.63, 3.8) is 0 Å². The maximum absolute atomic E-state index is 13.0. The van der Waals surface area contributed by atoms with Crippen molar-refractivity contribution in [2.24, 2.45) is 17.8 Å². The van der Waals surface area contributed by atoms with Crippen molar-refractivity contribution >= 4 is 23.6 Å². The van der Waals surface area contributed by atoms with Crippen LogP contribution >= 0.6 is 11.8 Å². The molecule has 0 radical (unpaired) electrons. The summed E-state index contributed by atoms with van der Waals surface area (Å²) in [7, 11) is 3.93. The van der Waals surface area contributed by atoms with Crippen LogP contribution in [0, 0.1) is 17.8 Å². The quantitative estimate of drug-likeness (QED) is 0.516. The first-order valence-corrected chi connectivity index (χ1v) is 13.4. The van der Waals surface area contributed by atoms with Gasteiger partial charge in [0.1, 0.15) is 5.76 Å². The van der Waals surface area contributed by atoms with Crippen molar-refractivity contribution in [3.8, 4) is 0 Å². The van der Waals surface area contributed by atoms with Crippen LogP contribution in [-0.4, -0.2) is 48.6 Å². The summed E-state index contributed by atoms with van der Waals surface area (Å²) >= 11 is 1.45. The number of carbonyl (C=O) groups excluding carboxylic acids is 2. The maximum atomic E-state index is 13.0. The van der Waals surface area contributed by atoms with E-state index in [0.29, 0.717) is 17.9 Å².